The van der Waals surface area contributed by atoms with Gasteiger partial charge in [-0.25, -0.2) is 4.68 Å². The smallest absolute Gasteiger partial charge is 0.231 e. The van der Waals surface area contributed by atoms with Crippen molar-refractivity contribution in [3.8, 4) is 28.4 Å². The molecule has 186 valence electrons. The molecular weight excluding hydrogens is 464 g/mol. The first-order valence-corrected chi connectivity index (χ1v) is 12.5. The third-order valence-electron chi connectivity index (χ3n) is 6.72. The van der Waals surface area contributed by atoms with Gasteiger partial charge in [0.15, 0.2) is 11.5 Å². The molecule has 6 rings (SSSR count). The molecule has 1 aliphatic rings. The largest absolute Gasteiger partial charge is 0.454 e. The lowest BCUT2D eigenvalue weighted by Crippen LogP contribution is -2.25. The third-order valence-corrected chi connectivity index (χ3v) is 6.72. The molecule has 0 atom stereocenters. The zero-order valence-corrected chi connectivity index (χ0v) is 20.7. The van der Waals surface area contributed by atoms with Gasteiger partial charge in [-0.05, 0) is 73.4 Å². The molecule has 0 unspecified atom stereocenters. The number of aromatic amines is 1. The predicted octanol–water partition coefficient (Wildman–Crippen LogP) is 5.35. The first-order valence-electron chi connectivity index (χ1n) is 12.5. The van der Waals surface area contributed by atoms with Crippen LogP contribution in [0.2, 0.25) is 0 Å². The third kappa shape index (κ3) is 4.80. The van der Waals surface area contributed by atoms with Crippen LogP contribution in [0, 0.1) is 6.92 Å². The molecule has 7 heteroatoms. The minimum atomic E-state index is 0.0279. The van der Waals surface area contributed by atoms with Gasteiger partial charge in [0.2, 0.25) is 12.7 Å². The van der Waals surface area contributed by atoms with Gasteiger partial charge in [0.05, 0.1) is 11.4 Å². The highest BCUT2D eigenvalue weighted by Gasteiger charge is 2.18. The molecular formula is C30H28N4O3. The summed E-state index contributed by atoms with van der Waals surface area (Å²) in [5.41, 5.74) is 7.31. The standard InChI is InChI=1S/C30H28N4O3/c1-20-7-10-26-25(15-20)22(17-32-26)13-14-31-29(35)12-9-23-18-34(24-5-3-2-4-6-24)33-30(23)21-8-11-27-28(16-21)37-19-36-27/h2-8,10-11,15-18,32H,9,12-14,19H2,1H3,(H,31,35). The van der Waals surface area contributed by atoms with Crippen molar-refractivity contribution in [1.82, 2.24) is 20.1 Å². The molecule has 0 saturated carbocycles. The molecule has 1 amide bonds. The van der Waals surface area contributed by atoms with Gasteiger partial charge < -0.3 is 19.8 Å². The van der Waals surface area contributed by atoms with Gasteiger partial charge in [-0.2, -0.15) is 5.10 Å². The van der Waals surface area contributed by atoms with Crippen LogP contribution in [0.5, 0.6) is 11.5 Å². The Morgan fingerprint density at radius 1 is 1.00 bits per heavy atom. The summed E-state index contributed by atoms with van der Waals surface area (Å²) in [5.74, 6) is 1.47. The van der Waals surface area contributed by atoms with E-state index < -0.39 is 0 Å². The molecule has 0 bridgehead atoms. The van der Waals surface area contributed by atoms with E-state index in [1.807, 2.05) is 65.6 Å². The van der Waals surface area contributed by atoms with Gasteiger partial charge in [0, 0.05) is 41.8 Å². The number of ether oxygens (including phenoxy) is 2. The minimum absolute atomic E-state index is 0.0279. The van der Waals surface area contributed by atoms with Crippen LogP contribution in [0.4, 0.5) is 0 Å². The SMILES string of the molecule is Cc1ccc2[nH]cc(CCNC(=O)CCc3cn(-c4ccccc4)nc3-c3ccc4c(c3)OCO4)c2c1. The van der Waals surface area contributed by atoms with Crippen molar-refractivity contribution in [3.05, 3.63) is 95.8 Å². The fourth-order valence-corrected chi connectivity index (χ4v) is 4.76. The Hall–Kier alpha value is -4.52. The summed E-state index contributed by atoms with van der Waals surface area (Å²) < 4.78 is 12.9. The van der Waals surface area contributed by atoms with E-state index in [4.69, 9.17) is 14.6 Å². The Morgan fingerprint density at radius 3 is 2.76 bits per heavy atom. The fraction of sp³-hybridized carbons (Fsp3) is 0.200. The average Bonchev–Trinajstić information content (AvgIpc) is 3.66. The minimum Gasteiger partial charge on any atom is -0.454 e. The summed E-state index contributed by atoms with van der Waals surface area (Å²) in [6.07, 6.45) is 5.78. The number of nitrogens with zero attached hydrogens (tertiary/aromatic N) is 2. The van der Waals surface area contributed by atoms with Crippen molar-refractivity contribution < 1.29 is 14.3 Å². The fourth-order valence-electron chi connectivity index (χ4n) is 4.76. The quantitative estimate of drug-likeness (QED) is 0.306. The van der Waals surface area contributed by atoms with Crippen molar-refractivity contribution in [2.24, 2.45) is 0 Å². The number of rotatable bonds is 8. The van der Waals surface area contributed by atoms with Gasteiger partial charge in [-0.1, -0.05) is 29.8 Å². The highest BCUT2D eigenvalue weighted by Crippen LogP contribution is 2.36. The maximum absolute atomic E-state index is 12.8. The molecule has 3 aromatic carbocycles. The van der Waals surface area contributed by atoms with Crippen LogP contribution in [0.3, 0.4) is 0 Å². The lowest BCUT2D eigenvalue weighted by atomic mass is 10.0. The maximum Gasteiger partial charge on any atom is 0.231 e. The first kappa shape index (κ1) is 22.9. The average molecular weight is 493 g/mol. The molecule has 2 aromatic heterocycles. The number of H-pyrrole nitrogens is 1. The van der Waals surface area contributed by atoms with E-state index in [-0.39, 0.29) is 12.7 Å². The Kier molecular flexibility index (Phi) is 6.10. The second-order valence-corrected chi connectivity index (χ2v) is 9.31. The van der Waals surface area contributed by atoms with Crippen LogP contribution < -0.4 is 14.8 Å². The zero-order chi connectivity index (χ0) is 25.2. The second kappa shape index (κ2) is 9.85. The molecule has 7 nitrogen and oxygen atoms in total. The van der Waals surface area contributed by atoms with E-state index in [1.54, 1.807) is 0 Å². The Labute approximate surface area is 215 Å². The summed E-state index contributed by atoms with van der Waals surface area (Å²) in [6.45, 7) is 2.91. The lowest BCUT2D eigenvalue weighted by Gasteiger charge is -2.06. The number of amides is 1. The number of para-hydroxylation sites is 1. The summed E-state index contributed by atoms with van der Waals surface area (Å²) in [5, 5.41) is 9.18. The topological polar surface area (TPSA) is 81.2 Å². The Balaban J connectivity index is 1.15. The summed E-state index contributed by atoms with van der Waals surface area (Å²) in [6, 6.07) is 22.2. The normalized spacial score (nSPS) is 12.2. The van der Waals surface area contributed by atoms with Gasteiger partial charge in [-0.15, -0.1) is 0 Å². The number of nitrogens with one attached hydrogen (secondary N) is 2. The van der Waals surface area contributed by atoms with Crippen LogP contribution in [0.15, 0.2) is 79.1 Å². The number of aromatic nitrogens is 3. The van der Waals surface area contributed by atoms with Crippen molar-refractivity contribution in [1.29, 1.82) is 0 Å². The van der Waals surface area contributed by atoms with Crippen LogP contribution in [0.1, 0.15) is 23.1 Å². The van der Waals surface area contributed by atoms with E-state index in [1.165, 1.54) is 16.5 Å². The number of carbonyl (C=O) groups excluding carboxylic acids is 1. The van der Waals surface area contributed by atoms with Gasteiger partial charge >= 0.3 is 0 Å². The van der Waals surface area contributed by atoms with Crippen LogP contribution >= 0.6 is 0 Å². The van der Waals surface area contributed by atoms with E-state index in [0.29, 0.717) is 25.1 Å². The Morgan fingerprint density at radius 2 is 1.86 bits per heavy atom. The molecule has 5 aromatic rings. The van der Waals surface area contributed by atoms with Gasteiger partial charge in [0.1, 0.15) is 0 Å². The van der Waals surface area contributed by atoms with Crippen LogP contribution in [0.25, 0.3) is 27.8 Å². The molecule has 0 aliphatic carbocycles. The molecule has 0 radical (unpaired) electrons. The van der Waals surface area contributed by atoms with Crippen LogP contribution in [-0.2, 0) is 17.6 Å². The summed E-state index contributed by atoms with van der Waals surface area (Å²) in [4.78, 5) is 16.1. The van der Waals surface area contributed by atoms with Crippen molar-refractivity contribution in [2.45, 2.75) is 26.2 Å². The highest BCUT2D eigenvalue weighted by molar-refractivity contribution is 5.84. The van der Waals surface area contributed by atoms with Crippen molar-refractivity contribution in [3.63, 3.8) is 0 Å². The predicted molar refractivity (Wildman–Crippen MR) is 143 cm³/mol. The van der Waals surface area contributed by atoms with Gasteiger partial charge in [0.25, 0.3) is 0 Å². The maximum atomic E-state index is 12.8. The van der Waals surface area contributed by atoms with E-state index in [9.17, 15) is 4.79 Å². The van der Waals surface area contributed by atoms with E-state index in [2.05, 4.69) is 35.4 Å². The number of aryl methyl sites for hydroxylation is 2. The molecule has 37 heavy (non-hydrogen) atoms. The number of carbonyl (C=O) groups is 1. The molecule has 0 fully saturated rings. The molecule has 3 heterocycles. The molecule has 2 N–H and O–H groups in total. The lowest BCUT2D eigenvalue weighted by molar-refractivity contribution is -0.121. The number of benzene rings is 3. The van der Waals surface area contributed by atoms with Gasteiger partial charge in [-0.3, -0.25) is 4.79 Å². The Bertz CT molecular complexity index is 1570. The molecule has 0 saturated heterocycles. The highest BCUT2D eigenvalue weighted by atomic mass is 16.7. The second-order valence-electron chi connectivity index (χ2n) is 9.31. The number of hydrogen-bond donors (Lipinski definition) is 2. The molecule has 0 spiro atoms. The summed E-state index contributed by atoms with van der Waals surface area (Å²) >= 11 is 0. The van der Waals surface area contributed by atoms with E-state index >= 15 is 0 Å². The van der Waals surface area contributed by atoms with Crippen molar-refractivity contribution in [2.75, 3.05) is 13.3 Å². The summed E-state index contributed by atoms with van der Waals surface area (Å²) in [7, 11) is 0. The monoisotopic (exact) mass is 492 g/mol. The number of hydrogen-bond acceptors (Lipinski definition) is 4. The van der Waals surface area contributed by atoms with E-state index in [0.717, 1.165) is 40.2 Å². The zero-order valence-electron chi connectivity index (χ0n) is 20.7. The van der Waals surface area contributed by atoms with Crippen LogP contribution in [-0.4, -0.2) is 34.0 Å². The number of fused-ring (bicyclic) bond motifs is 2. The van der Waals surface area contributed by atoms with Crippen molar-refractivity contribution >= 4 is 16.8 Å². The molecule has 1 aliphatic heterocycles. The first-order chi connectivity index (χ1) is 18.1.